The third kappa shape index (κ3) is 3.93. The Balaban J connectivity index is 1.76. The Hall–Kier alpha value is -2.47. The first-order valence-electron chi connectivity index (χ1n) is 9.48. The number of rotatable bonds is 4. The van der Waals surface area contributed by atoms with Crippen molar-refractivity contribution in [1.82, 2.24) is 14.5 Å². The minimum Gasteiger partial charge on any atom is -0.377 e. The maximum absolute atomic E-state index is 13.8. The van der Waals surface area contributed by atoms with Crippen molar-refractivity contribution >= 4 is 28.9 Å². The van der Waals surface area contributed by atoms with Crippen LogP contribution in [0.5, 0.6) is 0 Å². The Bertz CT molecular complexity index is 978. The van der Waals surface area contributed by atoms with Gasteiger partial charge in [-0.2, -0.15) is 18.2 Å². The molecular formula is C18H20F3N5O3S. The van der Waals surface area contributed by atoms with E-state index in [1.54, 1.807) is 5.38 Å². The number of hydrogen-bond donors (Lipinski definition) is 0. The Morgan fingerprint density at radius 1 is 1.37 bits per heavy atom. The molecule has 0 N–H and O–H groups in total. The number of fused-ring (bicyclic) bond motifs is 1. The molecule has 162 valence electrons. The molecule has 0 saturated carbocycles. The summed E-state index contributed by atoms with van der Waals surface area (Å²) in [5, 5.41) is 1.70. The van der Waals surface area contributed by atoms with Crippen LogP contribution in [-0.2, 0) is 11.3 Å². The van der Waals surface area contributed by atoms with Gasteiger partial charge in [0.1, 0.15) is 11.9 Å². The Labute approximate surface area is 173 Å². The van der Waals surface area contributed by atoms with E-state index in [2.05, 4.69) is 9.97 Å². The monoisotopic (exact) mass is 443 g/mol. The number of morpholine rings is 1. The Morgan fingerprint density at radius 2 is 2.17 bits per heavy atom. The molecule has 12 heteroatoms. The number of carbonyl (C=O) groups excluding carboxylic acids is 1. The zero-order valence-electron chi connectivity index (χ0n) is 16.1. The van der Waals surface area contributed by atoms with Gasteiger partial charge < -0.3 is 14.5 Å². The van der Waals surface area contributed by atoms with Gasteiger partial charge in [0.25, 0.3) is 5.56 Å². The van der Waals surface area contributed by atoms with Gasteiger partial charge >= 0.3 is 6.18 Å². The van der Waals surface area contributed by atoms with E-state index >= 15 is 0 Å². The lowest BCUT2D eigenvalue weighted by Gasteiger charge is -2.40. The van der Waals surface area contributed by atoms with Gasteiger partial charge in [-0.1, -0.05) is 0 Å². The molecule has 2 aromatic rings. The van der Waals surface area contributed by atoms with Crippen LogP contribution >= 0.6 is 11.3 Å². The molecular weight excluding hydrogens is 423 g/mol. The summed E-state index contributed by atoms with van der Waals surface area (Å²) in [4.78, 5) is 36.3. The molecule has 2 atom stereocenters. The standard InChI is InChI=1S/C18H20F3N5O3S/c1-11-10-29-6-5-24(11)14-8-15(28)25-4-2-13(18(19,20)21)26(17(25)23-14)9-12(27)16-22-3-7-30-16/h3,7-8,11,13H,2,4-6,9-10H2,1H3/t11-,13+/m1/s1. The highest BCUT2D eigenvalue weighted by atomic mass is 32.1. The molecule has 30 heavy (non-hydrogen) atoms. The quantitative estimate of drug-likeness (QED) is 0.669. The number of hydrogen-bond acceptors (Lipinski definition) is 8. The number of thiazole rings is 1. The largest absolute Gasteiger partial charge is 0.408 e. The Kier molecular flexibility index (Phi) is 5.53. The predicted molar refractivity (Wildman–Crippen MR) is 104 cm³/mol. The molecule has 0 radical (unpaired) electrons. The fourth-order valence-electron chi connectivity index (χ4n) is 3.78. The van der Waals surface area contributed by atoms with Crippen molar-refractivity contribution in [3.05, 3.63) is 33.0 Å². The second-order valence-corrected chi connectivity index (χ2v) is 8.15. The second-order valence-electron chi connectivity index (χ2n) is 7.26. The summed E-state index contributed by atoms with van der Waals surface area (Å²) in [6.45, 7) is 2.54. The molecule has 0 bridgehead atoms. The minimum atomic E-state index is -4.58. The molecule has 0 unspecified atom stereocenters. The van der Waals surface area contributed by atoms with Crippen LogP contribution in [0.25, 0.3) is 0 Å². The van der Waals surface area contributed by atoms with Gasteiger partial charge in [-0.05, 0) is 13.3 Å². The van der Waals surface area contributed by atoms with E-state index in [-0.39, 0.29) is 35.8 Å². The summed E-state index contributed by atoms with van der Waals surface area (Å²) in [6, 6.07) is -0.660. The maximum atomic E-state index is 13.8. The average Bonchev–Trinajstić information content (AvgIpc) is 3.23. The van der Waals surface area contributed by atoms with Crippen molar-refractivity contribution in [1.29, 1.82) is 0 Å². The SMILES string of the molecule is C[C@@H]1COCCN1c1cc(=O)n2c(n1)N(CC(=O)c1nccs1)[C@H](C(F)(F)F)CC2. The van der Waals surface area contributed by atoms with E-state index in [1.807, 2.05) is 11.8 Å². The zero-order chi connectivity index (χ0) is 21.5. The van der Waals surface area contributed by atoms with Crippen molar-refractivity contribution in [3.8, 4) is 0 Å². The fraction of sp³-hybridized carbons (Fsp3) is 0.556. The summed E-state index contributed by atoms with van der Waals surface area (Å²) in [6.07, 6.45) is -3.49. The third-order valence-electron chi connectivity index (χ3n) is 5.26. The normalized spacial score (nSPS) is 22.1. The molecule has 2 aromatic heterocycles. The maximum Gasteiger partial charge on any atom is 0.408 e. The number of aromatic nitrogens is 3. The van der Waals surface area contributed by atoms with E-state index in [9.17, 15) is 22.8 Å². The van der Waals surface area contributed by atoms with E-state index < -0.39 is 30.1 Å². The first-order chi connectivity index (χ1) is 14.3. The van der Waals surface area contributed by atoms with E-state index in [0.29, 0.717) is 19.8 Å². The Morgan fingerprint density at radius 3 is 2.83 bits per heavy atom. The van der Waals surface area contributed by atoms with E-state index in [4.69, 9.17) is 4.74 Å². The molecule has 0 aromatic carbocycles. The fourth-order valence-corrected chi connectivity index (χ4v) is 4.35. The van der Waals surface area contributed by atoms with Crippen LogP contribution in [0.1, 0.15) is 23.1 Å². The number of alkyl halides is 3. The molecule has 8 nitrogen and oxygen atoms in total. The summed E-state index contributed by atoms with van der Waals surface area (Å²) < 4.78 is 48.0. The van der Waals surface area contributed by atoms with Gasteiger partial charge in [0.2, 0.25) is 11.7 Å². The summed E-state index contributed by atoms with van der Waals surface area (Å²) in [7, 11) is 0. The minimum absolute atomic E-state index is 0.0823. The van der Waals surface area contributed by atoms with Crippen molar-refractivity contribution in [2.45, 2.75) is 38.1 Å². The molecule has 0 amide bonds. The molecule has 2 aliphatic rings. The summed E-state index contributed by atoms with van der Waals surface area (Å²) in [5.74, 6) is -0.404. The first kappa shape index (κ1) is 20.8. The van der Waals surface area contributed by atoms with Crippen LogP contribution in [0.15, 0.2) is 22.4 Å². The van der Waals surface area contributed by atoms with Crippen molar-refractivity contribution < 1.29 is 22.7 Å². The van der Waals surface area contributed by atoms with Crippen molar-refractivity contribution in [3.63, 3.8) is 0 Å². The molecule has 0 spiro atoms. The van der Waals surface area contributed by atoms with Crippen molar-refractivity contribution in [2.75, 3.05) is 36.1 Å². The second kappa shape index (κ2) is 7.99. The number of anilines is 2. The lowest BCUT2D eigenvalue weighted by Crippen LogP contribution is -2.54. The molecule has 4 rings (SSSR count). The molecule has 1 saturated heterocycles. The lowest BCUT2D eigenvalue weighted by molar-refractivity contribution is -0.152. The number of ketones is 1. The highest BCUT2D eigenvalue weighted by Gasteiger charge is 2.47. The van der Waals surface area contributed by atoms with Gasteiger partial charge in [0.15, 0.2) is 5.01 Å². The van der Waals surface area contributed by atoms with Gasteiger partial charge in [-0.25, -0.2) is 4.98 Å². The highest BCUT2D eigenvalue weighted by molar-refractivity contribution is 7.11. The van der Waals surface area contributed by atoms with Crippen LogP contribution in [0.3, 0.4) is 0 Å². The molecule has 2 aliphatic heterocycles. The highest BCUT2D eigenvalue weighted by Crippen LogP contribution is 2.34. The molecule has 0 aliphatic carbocycles. The number of Topliss-reactive ketones (excluding diaryl/α,β-unsaturated/α-hetero) is 1. The van der Waals surface area contributed by atoms with Crippen LogP contribution in [0.4, 0.5) is 24.9 Å². The van der Waals surface area contributed by atoms with Gasteiger partial charge in [-0.3, -0.25) is 14.2 Å². The molecule has 4 heterocycles. The number of halogens is 3. The summed E-state index contributed by atoms with van der Waals surface area (Å²) >= 11 is 1.06. The first-order valence-corrected chi connectivity index (χ1v) is 10.4. The van der Waals surface area contributed by atoms with E-state index in [0.717, 1.165) is 16.2 Å². The van der Waals surface area contributed by atoms with Crippen molar-refractivity contribution in [2.24, 2.45) is 0 Å². The van der Waals surface area contributed by atoms with Gasteiger partial charge in [0, 0.05) is 30.7 Å². The van der Waals surface area contributed by atoms with Crippen LogP contribution < -0.4 is 15.4 Å². The van der Waals surface area contributed by atoms with Gasteiger partial charge in [-0.15, -0.1) is 11.3 Å². The molecule has 1 fully saturated rings. The number of carbonyl (C=O) groups is 1. The van der Waals surface area contributed by atoms with Crippen LogP contribution in [0.2, 0.25) is 0 Å². The van der Waals surface area contributed by atoms with Crippen LogP contribution in [0, 0.1) is 0 Å². The average molecular weight is 443 g/mol. The third-order valence-corrected chi connectivity index (χ3v) is 6.07. The zero-order valence-corrected chi connectivity index (χ0v) is 16.9. The van der Waals surface area contributed by atoms with Crippen LogP contribution in [-0.4, -0.2) is 64.9 Å². The lowest BCUT2D eigenvalue weighted by atomic mass is 10.1. The van der Waals surface area contributed by atoms with E-state index in [1.165, 1.54) is 16.8 Å². The summed E-state index contributed by atoms with van der Waals surface area (Å²) in [5.41, 5.74) is -0.444. The van der Waals surface area contributed by atoms with Gasteiger partial charge in [0.05, 0.1) is 25.8 Å². The smallest absolute Gasteiger partial charge is 0.377 e. The topological polar surface area (TPSA) is 80.6 Å². The predicted octanol–water partition coefficient (Wildman–Crippen LogP) is 1.95. The number of ether oxygens (including phenoxy) is 1. The number of nitrogens with zero attached hydrogens (tertiary/aromatic N) is 5.